The van der Waals surface area contributed by atoms with Gasteiger partial charge in [-0.25, -0.2) is 4.79 Å². The Morgan fingerprint density at radius 1 is 1.41 bits per heavy atom. The Kier molecular flexibility index (Phi) is 3.73. The summed E-state index contributed by atoms with van der Waals surface area (Å²) in [4.78, 5) is 14.7. The number of ether oxygens (including phenoxy) is 1. The topological polar surface area (TPSA) is 41.6 Å². The van der Waals surface area contributed by atoms with E-state index in [0.29, 0.717) is 12.1 Å². The Labute approximate surface area is 104 Å². The molecule has 17 heavy (non-hydrogen) atoms. The van der Waals surface area contributed by atoms with Gasteiger partial charge in [0.2, 0.25) is 0 Å². The molecule has 2 aliphatic rings. The van der Waals surface area contributed by atoms with Gasteiger partial charge in [-0.3, -0.25) is 10.2 Å². The van der Waals surface area contributed by atoms with E-state index >= 15 is 0 Å². The third kappa shape index (κ3) is 2.20. The van der Waals surface area contributed by atoms with E-state index in [4.69, 9.17) is 4.74 Å². The number of nitrogens with zero attached hydrogens (tertiary/aromatic N) is 1. The lowest BCUT2D eigenvalue weighted by atomic mass is 9.84. The Balaban J connectivity index is 2.23. The second-order valence-electron chi connectivity index (χ2n) is 5.56. The molecule has 2 fully saturated rings. The molecule has 0 bridgehead atoms. The number of hydrogen-bond donors (Lipinski definition) is 1. The van der Waals surface area contributed by atoms with Crippen molar-refractivity contribution in [1.29, 1.82) is 0 Å². The van der Waals surface area contributed by atoms with Crippen LogP contribution >= 0.6 is 0 Å². The van der Waals surface area contributed by atoms with E-state index in [9.17, 15) is 4.79 Å². The van der Waals surface area contributed by atoms with Gasteiger partial charge in [0.25, 0.3) is 0 Å². The molecule has 4 heteroatoms. The first-order chi connectivity index (χ1) is 8.10. The maximum absolute atomic E-state index is 12.2. The Morgan fingerprint density at radius 2 is 2.18 bits per heavy atom. The molecule has 0 aromatic heterocycles. The Bertz CT molecular complexity index is 293. The summed E-state index contributed by atoms with van der Waals surface area (Å²) in [5.74, 6) is -0.0828. The number of nitrogens with one attached hydrogen (secondary N) is 1. The van der Waals surface area contributed by atoms with E-state index in [0.717, 1.165) is 25.9 Å². The van der Waals surface area contributed by atoms with Crippen LogP contribution in [-0.2, 0) is 9.53 Å². The molecule has 4 nitrogen and oxygen atoms in total. The van der Waals surface area contributed by atoms with Crippen molar-refractivity contribution in [2.75, 3.05) is 20.2 Å². The van der Waals surface area contributed by atoms with E-state index in [-0.39, 0.29) is 5.97 Å². The molecule has 0 aliphatic carbocycles. The zero-order chi connectivity index (χ0) is 12.5. The summed E-state index contributed by atoms with van der Waals surface area (Å²) in [5.41, 5.74) is -0.469. The van der Waals surface area contributed by atoms with Gasteiger partial charge in [-0.05, 0) is 39.7 Å². The van der Waals surface area contributed by atoms with Gasteiger partial charge in [0, 0.05) is 18.6 Å². The van der Waals surface area contributed by atoms with Gasteiger partial charge in [-0.2, -0.15) is 0 Å². The fraction of sp³-hybridized carbons (Fsp3) is 0.923. The quantitative estimate of drug-likeness (QED) is 0.752. The summed E-state index contributed by atoms with van der Waals surface area (Å²) >= 11 is 0. The molecule has 0 aromatic carbocycles. The normalized spacial score (nSPS) is 33.8. The van der Waals surface area contributed by atoms with E-state index in [2.05, 4.69) is 24.1 Å². The summed E-state index contributed by atoms with van der Waals surface area (Å²) in [6.45, 7) is 6.33. The summed E-state index contributed by atoms with van der Waals surface area (Å²) in [6.07, 6.45) is 4.46. The fourth-order valence-corrected chi connectivity index (χ4v) is 3.47. The molecular formula is C13H24N2O2. The van der Waals surface area contributed by atoms with Crippen molar-refractivity contribution in [3.8, 4) is 0 Å². The second kappa shape index (κ2) is 4.94. The molecule has 0 radical (unpaired) electrons. The number of rotatable bonds is 3. The van der Waals surface area contributed by atoms with E-state index in [1.165, 1.54) is 20.0 Å². The zero-order valence-corrected chi connectivity index (χ0v) is 11.2. The molecule has 2 saturated heterocycles. The van der Waals surface area contributed by atoms with Crippen molar-refractivity contribution in [1.82, 2.24) is 10.2 Å². The van der Waals surface area contributed by atoms with Crippen LogP contribution in [0.4, 0.5) is 0 Å². The monoisotopic (exact) mass is 240 g/mol. The number of fused-ring (bicyclic) bond motifs is 1. The van der Waals surface area contributed by atoms with Gasteiger partial charge < -0.3 is 4.74 Å². The number of esters is 1. The average Bonchev–Trinajstić information content (AvgIpc) is 2.68. The summed E-state index contributed by atoms with van der Waals surface area (Å²) in [5, 5.41) is 3.49. The lowest BCUT2D eigenvalue weighted by molar-refractivity contribution is -0.150. The van der Waals surface area contributed by atoms with Crippen LogP contribution in [0.5, 0.6) is 0 Å². The molecular weight excluding hydrogens is 216 g/mol. The smallest absolute Gasteiger partial charge is 0.327 e. The third-order valence-electron chi connectivity index (χ3n) is 4.07. The molecule has 98 valence electrons. The van der Waals surface area contributed by atoms with Crippen molar-refractivity contribution in [3.05, 3.63) is 0 Å². The molecule has 0 aromatic rings. The van der Waals surface area contributed by atoms with Crippen molar-refractivity contribution >= 4 is 5.97 Å². The van der Waals surface area contributed by atoms with Crippen molar-refractivity contribution in [2.24, 2.45) is 0 Å². The lowest BCUT2D eigenvalue weighted by Crippen LogP contribution is -2.63. The van der Waals surface area contributed by atoms with Crippen LogP contribution in [0.2, 0.25) is 0 Å². The summed E-state index contributed by atoms with van der Waals surface area (Å²) < 4.78 is 5.06. The molecule has 0 saturated carbocycles. The lowest BCUT2D eigenvalue weighted by Gasteiger charge is -2.40. The van der Waals surface area contributed by atoms with E-state index < -0.39 is 5.54 Å². The van der Waals surface area contributed by atoms with Crippen LogP contribution < -0.4 is 5.32 Å². The van der Waals surface area contributed by atoms with Crippen LogP contribution in [0.3, 0.4) is 0 Å². The SMILES string of the molecule is COC(=O)C1(NC(C)C)CCN2CCCCC21. The first kappa shape index (κ1) is 12.8. The van der Waals surface area contributed by atoms with Crippen LogP contribution in [0.15, 0.2) is 0 Å². The summed E-state index contributed by atoms with van der Waals surface area (Å²) in [6, 6.07) is 0.627. The number of carbonyl (C=O) groups is 1. The van der Waals surface area contributed by atoms with Gasteiger partial charge >= 0.3 is 5.97 Å². The number of methoxy groups -OCH3 is 1. The van der Waals surface area contributed by atoms with Gasteiger partial charge in [0.15, 0.2) is 0 Å². The van der Waals surface area contributed by atoms with Crippen molar-refractivity contribution in [3.63, 3.8) is 0 Å². The second-order valence-corrected chi connectivity index (χ2v) is 5.56. The van der Waals surface area contributed by atoms with Crippen molar-refractivity contribution < 1.29 is 9.53 Å². The van der Waals surface area contributed by atoms with Crippen LogP contribution in [0.25, 0.3) is 0 Å². The molecule has 2 heterocycles. The van der Waals surface area contributed by atoms with Crippen LogP contribution in [0.1, 0.15) is 39.5 Å². The highest BCUT2D eigenvalue weighted by atomic mass is 16.5. The number of carbonyl (C=O) groups excluding carboxylic acids is 1. The molecule has 0 amide bonds. The highest BCUT2D eigenvalue weighted by Crippen LogP contribution is 2.36. The largest absolute Gasteiger partial charge is 0.468 e. The van der Waals surface area contributed by atoms with Gasteiger partial charge in [0.1, 0.15) is 5.54 Å². The predicted molar refractivity (Wildman–Crippen MR) is 66.8 cm³/mol. The van der Waals surface area contributed by atoms with Gasteiger partial charge in [-0.15, -0.1) is 0 Å². The fourth-order valence-electron chi connectivity index (χ4n) is 3.47. The molecule has 2 unspecified atom stereocenters. The molecule has 2 aliphatic heterocycles. The van der Waals surface area contributed by atoms with Gasteiger partial charge in [-0.1, -0.05) is 6.42 Å². The summed E-state index contributed by atoms with van der Waals surface area (Å²) in [7, 11) is 1.50. The highest BCUT2D eigenvalue weighted by Gasteiger charge is 2.54. The maximum atomic E-state index is 12.2. The van der Waals surface area contributed by atoms with Crippen LogP contribution in [0, 0.1) is 0 Å². The predicted octanol–water partition coefficient (Wildman–Crippen LogP) is 1.15. The molecule has 2 atom stereocenters. The minimum Gasteiger partial charge on any atom is -0.468 e. The van der Waals surface area contributed by atoms with E-state index in [1.807, 2.05) is 0 Å². The zero-order valence-electron chi connectivity index (χ0n) is 11.2. The highest BCUT2D eigenvalue weighted by molar-refractivity contribution is 5.82. The van der Waals surface area contributed by atoms with Gasteiger partial charge in [0.05, 0.1) is 7.11 Å². The Hall–Kier alpha value is -0.610. The minimum absolute atomic E-state index is 0.0828. The van der Waals surface area contributed by atoms with Crippen molar-refractivity contribution in [2.45, 2.75) is 57.2 Å². The van der Waals surface area contributed by atoms with Crippen LogP contribution in [-0.4, -0.2) is 48.7 Å². The standard InChI is InChI=1S/C13H24N2O2/c1-10(2)14-13(12(16)17-3)7-9-15-8-5-4-6-11(13)15/h10-11,14H,4-9H2,1-3H3. The molecule has 2 rings (SSSR count). The minimum atomic E-state index is -0.469. The Morgan fingerprint density at radius 3 is 2.82 bits per heavy atom. The first-order valence-corrected chi connectivity index (χ1v) is 6.70. The molecule has 1 N–H and O–H groups in total. The van der Waals surface area contributed by atoms with E-state index in [1.54, 1.807) is 0 Å². The molecule has 0 spiro atoms. The number of piperidine rings is 1. The maximum Gasteiger partial charge on any atom is 0.327 e. The number of hydrogen-bond acceptors (Lipinski definition) is 4. The first-order valence-electron chi connectivity index (χ1n) is 6.70. The third-order valence-corrected chi connectivity index (χ3v) is 4.07. The average molecular weight is 240 g/mol.